The summed E-state index contributed by atoms with van der Waals surface area (Å²) < 4.78 is 11.0. The third kappa shape index (κ3) is 1.80. The molecule has 0 bridgehead atoms. The van der Waals surface area contributed by atoms with Crippen LogP contribution in [-0.4, -0.2) is 4.98 Å². The van der Waals surface area contributed by atoms with E-state index in [0.717, 1.165) is 11.0 Å². The minimum atomic E-state index is 0.529. The van der Waals surface area contributed by atoms with Gasteiger partial charge in [-0.2, -0.15) is 0 Å². The van der Waals surface area contributed by atoms with Crippen LogP contribution in [0.2, 0.25) is 0 Å². The number of aromatic nitrogens is 1. The summed E-state index contributed by atoms with van der Waals surface area (Å²) in [7, 11) is 0. The average Bonchev–Trinajstić information content (AvgIpc) is 2.81. The highest BCUT2D eigenvalue weighted by Crippen LogP contribution is 2.28. The predicted octanol–water partition coefficient (Wildman–Crippen LogP) is 3.20. The van der Waals surface area contributed by atoms with Gasteiger partial charge in [-0.1, -0.05) is 0 Å². The number of nitrogen functional groups attached to an aromatic ring is 1. The first-order chi connectivity index (χ1) is 8.33. The summed E-state index contributed by atoms with van der Waals surface area (Å²) in [6.07, 6.45) is 3.26. The SMILES string of the molecule is Nc1ccc(Oc2nccc3occc23)cc1. The van der Waals surface area contributed by atoms with Gasteiger partial charge in [-0.05, 0) is 36.4 Å². The van der Waals surface area contributed by atoms with Gasteiger partial charge in [-0.15, -0.1) is 0 Å². The molecule has 2 aromatic heterocycles. The maximum Gasteiger partial charge on any atom is 0.230 e. The van der Waals surface area contributed by atoms with Gasteiger partial charge in [0.05, 0.1) is 11.6 Å². The van der Waals surface area contributed by atoms with Crippen molar-refractivity contribution in [3.05, 3.63) is 48.9 Å². The van der Waals surface area contributed by atoms with E-state index >= 15 is 0 Å². The van der Waals surface area contributed by atoms with Gasteiger partial charge < -0.3 is 14.9 Å². The van der Waals surface area contributed by atoms with Gasteiger partial charge in [0.15, 0.2) is 0 Å². The van der Waals surface area contributed by atoms with Crippen molar-refractivity contribution < 1.29 is 9.15 Å². The van der Waals surface area contributed by atoms with Crippen molar-refractivity contribution in [2.24, 2.45) is 0 Å². The van der Waals surface area contributed by atoms with Gasteiger partial charge in [0.1, 0.15) is 11.3 Å². The fourth-order valence-electron chi connectivity index (χ4n) is 1.60. The lowest BCUT2D eigenvalue weighted by atomic mass is 10.3. The molecule has 0 spiro atoms. The Morgan fingerprint density at radius 2 is 1.88 bits per heavy atom. The zero-order valence-corrected chi connectivity index (χ0v) is 8.96. The van der Waals surface area contributed by atoms with E-state index < -0.39 is 0 Å². The largest absolute Gasteiger partial charge is 0.464 e. The quantitative estimate of drug-likeness (QED) is 0.681. The first kappa shape index (κ1) is 9.72. The van der Waals surface area contributed by atoms with Gasteiger partial charge in [-0.25, -0.2) is 4.98 Å². The molecular weight excluding hydrogens is 216 g/mol. The molecule has 4 nitrogen and oxygen atoms in total. The van der Waals surface area contributed by atoms with Crippen molar-refractivity contribution >= 4 is 16.7 Å². The number of nitrogens with zero attached hydrogens (tertiary/aromatic N) is 1. The van der Waals surface area contributed by atoms with E-state index in [0.29, 0.717) is 17.3 Å². The molecule has 3 rings (SSSR count). The highest BCUT2D eigenvalue weighted by molar-refractivity contribution is 5.82. The molecule has 0 saturated heterocycles. The van der Waals surface area contributed by atoms with Gasteiger partial charge in [0.2, 0.25) is 5.88 Å². The number of benzene rings is 1. The molecule has 17 heavy (non-hydrogen) atoms. The lowest BCUT2D eigenvalue weighted by Crippen LogP contribution is -1.89. The molecule has 4 heteroatoms. The highest BCUT2D eigenvalue weighted by atomic mass is 16.5. The van der Waals surface area contributed by atoms with E-state index in [4.69, 9.17) is 14.9 Å². The maximum absolute atomic E-state index is 5.68. The summed E-state index contributed by atoms with van der Waals surface area (Å²) in [5.41, 5.74) is 7.06. The Hall–Kier alpha value is -2.49. The second-order valence-corrected chi connectivity index (χ2v) is 3.62. The Morgan fingerprint density at radius 3 is 2.71 bits per heavy atom. The summed E-state index contributed by atoms with van der Waals surface area (Å²) in [6.45, 7) is 0. The van der Waals surface area contributed by atoms with Gasteiger partial charge in [0.25, 0.3) is 0 Å². The van der Waals surface area contributed by atoms with E-state index in [9.17, 15) is 0 Å². The molecule has 0 aliphatic carbocycles. The molecule has 0 aliphatic rings. The van der Waals surface area contributed by atoms with Crippen molar-refractivity contribution in [1.82, 2.24) is 4.98 Å². The maximum atomic E-state index is 5.68. The molecular formula is C13H10N2O2. The van der Waals surface area contributed by atoms with Crippen LogP contribution in [-0.2, 0) is 0 Å². The van der Waals surface area contributed by atoms with Crippen LogP contribution in [0.3, 0.4) is 0 Å². The second kappa shape index (κ2) is 3.83. The standard InChI is InChI=1S/C13H10N2O2/c14-9-1-3-10(4-2-9)17-13-11-6-8-16-12(11)5-7-15-13/h1-8H,14H2. The van der Waals surface area contributed by atoms with Crippen LogP contribution in [0.5, 0.6) is 11.6 Å². The lowest BCUT2D eigenvalue weighted by Gasteiger charge is -2.05. The molecule has 3 aromatic rings. The zero-order chi connectivity index (χ0) is 11.7. The van der Waals surface area contributed by atoms with E-state index in [2.05, 4.69) is 4.98 Å². The normalized spacial score (nSPS) is 10.6. The molecule has 0 radical (unpaired) electrons. The number of hydrogen-bond donors (Lipinski definition) is 1. The number of nitrogens with two attached hydrogens (primary N) is 1. The van der Waals surface area contributed by atoms with Crippen LogP contribution < -0.4 is 10.5 Å². The molecule has 1 aromatic carbocycles. The van der Waals surface area contributed by atoms with Gasteiger partial charge >= 0.3 is 0 Å². The Kier molecular flexibility index (Phi) is 2.19. The number of fused-ring (bicyclic) bond motifs is 1. The van der Waals surface area contributed by atoms with Crippen LogP contribution >= 0.6 is 0 Å². The molecule has 0 unspecified atom stereocenters. The Morgan fingerprint density at radius 1 is 1.06 bits per heavy atom. The third-order valence-corrected chi connectivity index (χ3v) is 2.44. The molecule has 0 amide bonds. The fraction of sp³-hybridized carbons (Fsp3) is 0. The lowest BCUT2D eigenvalue weighted by molar-refractivity contribution is 0.469. The van der Waals surface area contributed by atoms with Crippen LogP contribution in [0.1, 0.15) is 0 Å². The van der Waals surface area contributed by atoms with Crippen molar-refractivity contribution in [2.75, 3.05) is 5.73 Å². The second-order valence-electron chi connectivity index (χ2n) is 3.62. The van der Waals surface area contributed by atoms with Crippen molar-refractivity contribution in [3.63, 3.8) is 0 Å². The van der Waals surface area contributed by atoms with Gasteiger partial charge in [-0.3, -0.25) is 0 Å². The van der Waals surface area contributed by atoms with E-state index in [-0.39, 0.29) is 0 Å². The zero-order valence-electron chi connectivity index (χ0n) is 8.96. The molecule has 2 N–H and O–H groups in total. The predicted molar refractivity (Wildman–Crippen MR) is 64.9 cm³/mol. The fourth-order valence-corrected chi connectivity index (χ4v) is 1.60. The summed E-state index contributed by atoms with van der Waals surface area (Å²) in [5, 5.41) is 0.851. The summed E-state index contributed by atoms with van der Waals surface area (Å²) in [6, 6.07) is 10.8. The summed E-state index contributed by atoms with van der Waals surface area (Å²) >= 11 is 0. The number of anilines is 1. The number of hydrogen-bond acceptors (Lipinski definition) is 4. The third-order valence-electron chi connectivity index (χ3n) is 2.44. The summed E-state index contributed by atoms with van der Waals surface area (Å²) in [4.78, 5) is 4.18. The van der Waals surface area contributed by atoms with Crippen molar-refractivity contribution in [3.8, 4) is 11.6 Å². The van der Waals surface area contributed by atoms with Crippen molar-refractivity contribution in [2.45, 2.75) is 0 Å². The minimum absolute atomic E-state index is 0.529. The first-order valence-electron chi connectivity index (χ1n) is 5.18. The van der Waals surface area contributed by atoms with E-state index in [1.807, 2.05) is 6.07 Å². The molecule has 0 aliphatic heterocycles. The van der Waals surface area contributed by atoms with Crippen LogP contribution in [0, 0.1) is 0 Å². The minimum Gasteiger partial charge on any atom is -0.464 e. The van der Waals surface area contributed by atoms with Gasteiger partial charge in [0, 0.05) is 11.9 Å². The first-order valence-corrected chi connectivity index (χ1v) is 5.18. The molecule has 0 saturated carbocycles. The van der Waals surface area contributed by atoms with Crippen LogP contribution in [0.15, 0.2) is 53.3 Å². The van der Waals surface area contributed by atoms with Crippen LogP contribution in [0.25, 0.3) is 11.0 Å². The Labute approximate surface area is 97.6 Å². The van der Waals surface area contributed by atoms with Crippen LogP contribution in [0.4, 0.5) is 5.69 Å². The van der Waals surface area contributed by atoms with Crippen molar-refractivity contribution in [1.29, 1.82) is 0 Å². The average molecular weight is 226 g/mol. The molecule has 0 fully saturated rings. The van der Waals surface area contributed by atoms with E-state index in [1.165, 1.54) is 0 Å². The number of furan rings is 1. The Bertz CT molecular complexity index is 644. The number of ether oxygens (including phenoxy) is 1. The number of pyridine rings is 1. The van der Waals surface area contributed by atoms with E-state index in [1.54, 1.807) is 42.8 Å². The molecule has 2 heterocycles. The molecule has 84 valence electrons. The molecule has 0 atom stereocenters. The highest BCUT2D eigenvalue weighted by Gasteiger charge is 2.06. The monoisotopic (exact) mass is 226 g/mol. The number of rotatable bonds is 2. The smallest absolute Gasteiger partial charge is 0.230 e. The summed E-state index contributed by atoms with van der Waals surface area (Å²) in [5.74, 6) is 1.22. The topological polar surface area (TPSA) is 61.3 Å². The Balaban J connectivity index is 1.99.